The summed E-state index contributed by atoms with van der Waals surface area (Å²) < 4.78 is 15.8. The molecular weight excluding hydrogens is 324 g/mol. The predicted molar refractivity (Wildman–Crippen MR) is 94.3 cm³/mol. The first-order chi connectivity index (χ1) is 12.0. The Labute approximate surface area is 148 Å². The van der Waals surface area contributed by atoms with Crippen molar-refractivity contribution in [1.29, 1.82) is 0 Å². The summed E-state index contributed by atoms with van der Waals surface area (Å²) in [5.74, 6) is 1.30. The molecule has 2 rings (SSSR count). The first-order valence-corrected chi connectivity index (χ1v) is 8.36. The van der Waals surface area contributed by atoms with Crippen molar-refractivity contribution < 1.29 is 23.8 Å². The highest BCUT2D eigenvalue weighted by molar-refractivity contribution is 6.03. The quantitative estimate of drug-likeness (QED) is 0.797. The number of anilines is 1. The van der Waals surface area contributed by atoms with E-state index in [0.29, 0.717) is 28.9 Å². The van der Waals surface area contributed by atoms with Gasteiger partial charge in [0, 0.05) is 30.9 Å². The Morgan fingerprint density at radius 3 is 2.32 bits per heavy atom. The van der Waals surface area contributed by atoms with Gasteiger partial charge in [0.15, 0.2) is 11.5 Å². The number of amides is 2. The minimum atomic E-state index is -0.363. The van der Waals surface area contributed by atoms with E-state index >= 15 is 0 Å². The molecule has 7 heteroatoms. The zero-order valence-electron chi connectivity index (χ0n) is 15.3. The first kappa shape index (κ1) is 18.9. The standard InChI is InChI=1S/C18H26N2O5/c1-12-6-5-7-20(11-12)17(22)10-16(21)19-13-8-14(23-2)18(25-4)15(9-13)24-3/h8-9,12H,5-7,10-11H2,1-4H3,(H,19,21). The van der Waals surface area contributed by atoms with Gasteiger partial charge in [-0.05, 0) is 18.8 Å². The number of likely N-dealkylation sites (tertiary alicyclic amines) is 1. The summed E-state index contributed by atoms with van der Waals surface area (Å²) in [7, 11) is 4.52. The Balaban J connectivity index is 2.03. The number of hydrogen-bond acceptors (Lipinski definition) is 5. The molecule has 0 spiro atoms. The SMILES string of the molecule is COc1cc(NC(=O)CC(=O)N2CCCC(C)C2)cc(OC)c1OC. The highest BCUT2D eigenvalue weighted by Gasteiger charge is 2.23. The molecule has 2 amide bonds. The zero-order chi connectivity index (χ0) is 18.4. The molecule has 25 heavy (non-hydrogen) atoms. The lowest BCUT2D eigenvalue weighted by atomic mass is 10.00. The highest BCUT2D eigenvalue weighted by Crippen LogP contribution is 2.39. The molecule has 1 aliphatic rings. The molecule has 1 aromatic rings. The van der Waals surface area contributed by atoms with Crippen molar-refractivity contribution in [3.05, 3.63) is 12.1 Å². The second-order valence-electron chi connectivity index (χ2n) is 6.23. The second kappa shape index (κ2) is 8.60. The molecule has 1 atom stereocenters. The van der Waals surface area contributed by atoms with Crippen molar-refractivity contribution in [3.8, 4) is 17.2 Å². The minimum absolute atomic E-state index is 0.142. The molecule has 1 aromatic carbocycles. The second-order valence-corrected chi connectivity index (χ2v) is 6.23. The third-order valence-corrected chi connectivity index (χ3v) is 4.27. The van der Waals surface area contributed by atoms with Gasteiger partial charge in [0.2, 0.25) is 17.6 Å². The molecule has 0 saturated carbocycles. The lowest BCUT2D eigenvalue weighted by molar-refractivity contribution is -0.136. The topological polar surface area (TPSA) is 77.1 Å². The molecule has 1 aliphatic heterocycles. The summed E-state index contributed by atoms with van der Waals surface area (Å²) in [6.45, 7) is 3.56. The van der Waals surface area contributed by atoms with Crippen LogP contribution in [0.15, 0.2) is 12.1 Å². The van der Waals surface area contributed by atoms with Gasteiger partial charge in [-0.2, -0.15) is 0 Å². The largest absolute Gasteiger partial charge is 0.493 e. The van der Waals surface area contributed by atoms with Crippen LogP contribution in [0.1, 0.15) is 26.2 Å². The smallest absolute Gasteiger partial charge is 0.233 e. The summed E-state index contributed by atoms with van der Waals surface area (Å²) in [5.41, 5.74) is 0.485. The van der Waals surface area contributed by atoms with Gasteiger partial charge in [0.1, 0.15) is 6.42 Å². The fourth-order valence-corrected chi connectivity index (χ4v) is 3.02. The van der Waals surface area contributed by atoms with Crippen LogP contribution in [-0.2, 0) is 9.59 Å². The van der Waals surface area contributed by atoms with Gasteiger partial charge in [0.25, 0.3) is 0 Å². The van der Waals surface area contributed by atoms with Gasteiger partial charge in [-0.15, -0.1) is 0 Å². The Morgan fingerprint density at radius 1 is 1.16 bits per heavy atom. The van der Waals surface area contributed by atoms with Crippen molar-refractivity contribution in [2.45, 2.75) is 26.2 Å². The fraction of sp³-hybridized carbons (Fsp3) is 0.556. The average molecular weight is 350 g/mol. The Kier molecular flexibility index (Phi) is 6.50. The van der Waals surface area contributed by atoms with Crippen molar-refractivity contribution in [2.24, 2.45) is 5.92 Å². The number of piperidine rings is 1. The number of nitrogens with zero attached hydrogens (tertiary/aromatic N) is 1. The number of ether oxygens (including phenoxy) is 3. The third-order valence-electron chi connectivity index (χ3n) is 4.27. The molecule has 0 aliphatic carbocycles. The lowest BCUT2D eigenvalue weighted by Gasteiger charge is -2.30. The number of nitrogens with one attached hydrogen (secondary N) is 1. The van der Waals surface area contributed by atoms with Crippen molar-refractivity contribution in [1.82, 2.24) is 4.90 Å². The average Bonchev–Trinajstić information content (AvgIpc) is 2.60. The van der Waals surface area contributed by atoms with Gasteiger partial charge < -0.3 is 24.4 Å². The van der Waals surface area contributed by atoms with E-state index in [0.717, 1.165) is 25.9 Å². The zero-order valence-corrected chi connectivity index (χ0v) is 15.3. The maximum absolute atomic E-state index is 12.3. The highest BCUT2D eigenvalue weighted by atomic mass is 16.5. The molecular formula is C18H26N2O5. The van der Waals surface area contributed by atoms with E-state index in [9.17, 15) is 9.59 Å². The molecule has 1 N–H and O–H groups in total. The molecule has 138 valence electrons. The Morgan fingerprint density at radius 2 is 1.80 bits per heavy atom. The molecule has 1 saturated heterocycles. The van der Waals surface area contributed by atoms with E-state index in [-0.39, 0.29) is 18.2 Å². The monoisotopic (exact) mass is 350 g/mol. The fourth-order valence-electron chi connectivity index (χ4n) is 3.02. The minimum Gasteiger partial charge on any atom is -0.493 e. The maximum atomic E-state index is 12.3. The van der Waals surface area contributed by atoms with Crippen LogP contribution >= 0.6 is 0 Å². The lowest BCUT2D eigenvalue weighted by Crippen LogP contribution is -2.40. The summed E-state index contributed by atoms with van der Waals surface area (Å²) >= 11 is 0. The molecule has 1 heterocycles. The third kappa shape index (κ3) is 4.78. The van der Waals surface area contributed by atoms with Crippen LogP contribution in [0.5, 0.6) is 17.2 Å². The number of hydrogen-bond donors (Lipinski definition) is 1. The molecule has 0 bridgehead atoms. The maximum Gasteiger partial charge on any atom is 0.233 e. The van der Waals surface area contributed by atoms with Crippen molar-refractivity contribution >= 4 is 17.5 Å². The summed E-state index contributed by atoms with van der Waals surface area (Å²) in [6, 6.07) is 3.26. The van der Waals surface area contributed by atoms with Gasteiger partial charge >= 0.3 is 0 Å². The summed E-state index contributed by atoms with van der Waals surface area (Å²) in [4.78, 5) is 26.3. The normalized spacial score (nSPS) is 17.0. The van der Waals surface area contributed by atoms with E-state index in [2.05, 4.69) is 12.2 Å². The van der Waals surface area contributed by atoms with E-state index in [4.69, 9.17) is 14.2 Å². The summed E-state index contributed by atoms with van der Waals surface area (Å²) in [6.07, 6.45) is 1.94. The Bertz CT molecular complexity index is 607. The van der Waals surface area contributed by atoms with Crippen LogP contribution in [0, 0.1) is 5.92 Å². The van der Waals surface area contributed by atoms with Crippen LogP contribution in [0.25, 0.3) is 0 Å². The van der Waals surface area contributed by atoms with E-state index in [1.807, 2.05) is 0 Å². The number of rotatable bonds is 6. The molecule has 0 aromatic heterocycles. The van der Waals surface area contributed by atoms with E-state index in [1.54, 1.807) is 17.0 Å². The molecule has 7 nitrogen and oxygen atoms in total. The number of methoxy groups -OCH3 is 3. The van der Waals surface area contributed by atoms with Crippen LogP contribution in [0.4, 0.5) is 5.69 Å². The van der Waals surface area contributed by atoms with Crippen LogP contribution < -0.4 is 19.5 Å². The van der Waals surface area contributed by atoms with Gasteiger partial charge in [-0.25, -0.2) is 0 Å². The molecule has 0 radical (unpaired) electrons. The van der Waals surface area contributed by atoms with Crippen molar-refractivity contribution in [2.75, 3.05) is 39.7 Å². The number of carbonyl (C=O) groups is 2. The van der Waals surface area contributed by atoms with Crippen LogP contribution in [0.3, 0.4) is 0 Å². The Hall–Kier alpha value is -2.44. The van der Waals surface area contributed by atoms with Crippen LogP contribution in [0.2, 0.25) is 0 Å². The van der Waals surface area contributed by atoms with Crippen LogP contribution in [-0.4, -0.2) is 51.1 Å². The first-order valence-electron chi connectivity index (χ1n) is 8.36. The van der Waals surface area contributed by atoms with E-state index < -0.39 is 0 Å². The van der Waals surface area contributed by atoms with Gasteiger partial charge in [-0.3, -0.25) is 9.59 Å². The number of carbonyl (C=O) groups excluding carboxylic acids is 2. The van der Waals surface area contributed by atoms with Gasteiger partial charge in [-0.1, -0.05) is 6.92 Å². The number of benzene rings is 1. The van der Waals surface area contributed by atoms with E-state index in [1.165, 1.54) is 21.3 Å². The summed E-state index contributed by atoms with van der Waals surface area (Å²) in [5, 5.41) is 2.72. The molecule has 1 unspecified atom stereocenters. The molecule has 1 fully saturated rings. The van der Waals surface area contributed by atoms with Crippen molar-refractivity contribution in [3.63, 3.8) is 0 Å². The predicted octanol–water partition coefficient (Wildman–Crippen LogP) is 2.30. The van der Waals surface area contributed by atoms with Gasteiger partial charge in [0.05, 0.1) is 21.3 Å².